The number of rotatable bonds is 4. The highest BCUT2D eigenvalue weighted by molar-refractivity contribution is 9.10. The molecular formula is C15H21BrFN. The van der Waals surface area contributed by atoms with E-state index in [-0.39, 0.29) is 5.82 Å². The van der Waals surface area contributed by atoms with Gasteiger partial charge >= 0.3 is 0 Å². The lowest BCUT2D eigenvalue weighted by molar-refractivity contribution is 0.280. The summed E-state index contributed by atoms with van der Waals surface area (Å²) in [6, 6.07) is 5.44. The number of halogens is 2. The highest BCUT2D eigenvalue weighted by Crippen LogP contribution is 2.26. The van der Waals surface area contributed by atoms with E-state index >= 15 is 0 Å². The van der Waals surface area contributed by atoms with Gasteiger partial charge in [-0.05, 0) is 43.4 Å². The van der Waals surface area contributed by atoms with Crippen molar-refractivity contribution >= 4 is 15.9 Å². The van der Waals surface area contributed by atoms with Gasteiger partial charge in [0.1, 0.15) is 5.82 Å². The fourth-order valence-corrected chi connectivity index (χ4v) is 3.23. The first-order valence-electron chi connectivity index (χ1n) is 6.84. The third-order valence-corrected chi connectivity index (χ3v) is 4.72. The molecule has 0 unspecified atom stereocenters. The van der Waals surface area contributed by atoms with Gasteiger partial charge in [0.15, 0.2) is 0 Å². The van der Waals surface area contributed by atoms with E-state index in [4.69, 9.17) is 0 Å². The van der Waals surface area contributed by atoms with E-state index in [0.717, 1.165) is 22.5 Å². The average molecular weight is 314 g/mol. The minimum atomic E-state index is -0.189. The minimum absolute atomic E-state index is 0.189. The molecule has 0 spiro atoms. The molecule has 2 rings (SSSR count). The molecule has 0 aromatic heterocycles. The molecule has 1 aliphatic carbocycles. The third-order valence-electron chi connectivity index (χ3n) is 3.99. The zero-order valence-corrected chi connectivity index (χ0v) is 12.5. The summed E-state index contributed by atoms with van der Waals surface area (Å²) >= 11 is 3.41. The molecule has 1 fully saturated rings. The van der Waals surface area contributed by atoms with E-state index in [2.05, 4.69) is 28.2 Å². The van der Waals surface area contributed by atoms with Crippen LogP contribution in [-0.4, -0.2) is 6.04 Å². The smallest absolute Gasteiger partial charge is 0.124 e. The second-order valence-electron chi connectivity index (χ2n) is 5.30. The van der Waals surface area contributed by atoms with E-state index in [9.17, 15) is 4.39 Å². The van der Waals surface area contributed by atoms with Crippen molar-refractivity contribution < 1.29 is 4.39 Å². The normalized spacial score (nSPS) is 18.8. The van der Waals surface area contributed by atoms with E-state index < -0.39 is 0 Å². The average Bonchev–Trinajstić information content (AvgIpc) is 2.38. The Morgan fingerprint density at radius 3 is 2.72 bits per heavy atom. The first kappa shape index (κ1) is 14.0. The van der Waals surface area contributed by atoms with Crippen molar-refractivity contribution in [3.63, 3.8) is 0 Å². The van der Waals surface area contributed by atoms with Gasteiger partial charge in [-0.1, -0.05) is 41.3 Å². The molecule has 1 atom stereocenters. The van der Waals surface area contributed by atoms with Crippen LogP contribution in [0.4, 0.5) is 4.39 Å². The molecule has 1 N–H and O–H groups in total. The lowest BCUT2D eigenvalue weighted by atomic mass is 9.84. The zero-order valence-electron chi connectivity index (χ0n) is 10.9. The number of nitrogens with one attached hydrogen (secondary N) is 1. The Morgan fingerprint density at radius 2 is 2.06 bits per heavy atom. The van der Waals surface area contributed by atoms with Crippen LogP contribution in [0.1, 0.15) is 44.6 Å². The van der Waals surface area contributed by atoms with Gasteiger partial charge in [-0.3, -0.25) is 0 Å². The fraction of sp³-hybridized carbons (Fsp3) is 0.600. The highest BCUT2D eigenvalue weighted by Gasteiger charge is 2.19. The van der Waals surface area contributed by atoms with Crippen LogP contribution in [0, 0.1) is 11.7 Å². The van der Waals surface area contributed by atoms with Crippen LogP contribution in [-0.2, 0) is 6.54 Å². The lowest BCUT2D eigenvalue weighted by Gasteiger charge is -2.28. The number of benzene rings is 1. The molecule has 18 heavy (non-hydrogen) atoms. The molecular weight excluding hydrogens is 293 g/mol. The van der Waals surface area contributed by atoms with Crippen LogP contribution in [0.25, 0.3) is 0 Å². The van der Waals surface area contributed by atoms with Crippen LogP contribution < -0.4 is 5.32 Å². The second kappa shape index (κ2) is 6.67. The monoisotopic (exact) mass is 313 g/mol. The summed E-state index contributed by atoms with van der Waals surface area (Å²) in [6.45, 7) is 3.08. The van der Waals surface area contributed by atoms with E-state index in [1.54, 1.807) is 0 Å². The van der Waals surface area contributed by atoms with Gasteiger partial charge in [-0.15, -0.1) is 0 Å². The first-order valence-corrected chi connectivity index (χ1v) is 7.63. The van der Waals surface area contributed by atoms with Gasteiger partial charge in [-0.25, -0.2) is 4.39 Å². The molecule has 1 saturated carbocycles. The Bertz CT molecular complexity index is 388. The van der Waals surface area contributed by atoms with E-state index in [1.165, 1.54) is 44.2 Å². The fourth-order valence-electron chi connectivity index (χ4n) is 2.74. The number of hydrogen-bond acceptors (Lipinski definition) is 1. The molecule has 1 aromatic rings. The van der Waals surface area contributed by atoms with Crippen LogP contribution in [0.15, 0.2) is 22.7 Å². The Hall–Kier alpha value is -0.410. The van der Waals surface area contributed by atoms with Crippen LogP contribution in [0.3, 0.4) is 0 Å². The van der Waals surface area contributed by atoms with Gasteiger partial charge in [0.25, 0.3) is 0 Å². The number of hydrogen-bond donors (Lipinski definition) is 1. The molecule has 1 aromatic carbocycles. The standard InChI is InChI=1S/C15H21BrFN/c1-11(12-5-3-2-4-6-12)18-10-13-7-8-14(17)9-15(13)16/h7-9,11-12,18H,2-6,10H2,1H3/t11-/m1/s1. The Kier molecular flexibility index (Phi) is 5.19. The SMILES string of the molecule is C[C@@H](NCc1ccc(F)cc1Br)C1CCCCC1. The van der Waals surface area contributed by atoms with Crippen molar-refractivity contribution in [3.05, 3.63) is 34.1 Å². The summed E-state index contributed by atoms with van der Waals surface area (Å²) in [4.78, 5) is 0. The van der Waals surface area contributed by atoms with Gasteiger partial charge in [-0.2, -0.15) is 0 Å². The maximum atomic E-state index is 13.0. The largest absolute Gasteiger partial charge is 0.310 e. The van der Waals surface area contributed by atoms with Crippen LogP contribution in [0.5, 0.6) is 0 Å². The molecule has 0 bridgehead atoms. The predicted molar refractivity (Wildman–Crippen MR) is 77.0 cm³/mol. The summed E-state index contributed by atoms with van der Waals surface area (Å²) in [6.07, 6.45) is 6.83. The van der Waals surface area contributed by atoms with E-state index in [0.29, 0.717) is 6.04 Å². The Morgan fingerprint density at radius 1 is 1.33 bits per heavy atom. The lowest BCUT2D eigenvalue weighted by Crippen LogP contribution is -2.34. The molecule has 1 nitrogen and oxygen atoms in total. The minimum Gasteiger partial charge on any atom is -0.310 e. The maximum Gasteiger partial charge on any atom is 0.124 e. The van der Waals surface area contributed by atoms with Crippen molar-refractivity contribution in [2.24, 2.45) is 5.92 Å². The molecule has 1 aliphatic rings. The van der Waals surface area contributed by atoms with Gasteiger partial charge in [0.2, 0.25) is 0 Å². The predicted octanol–water partition coefficient (Wildman–Crippen LogP) is 4.65. The van der Waals surface area contributed by atoms with Crippen molar-refractivity contribution in [3.8, 4) is 0 Å². The molecule has 0 aliphatic heterocycles. The highest BCUT2D eigenvalue weighted by atomic mass is 79.9. The van der Waals surface area contributed by atoms with Crippen molar-refractivity contribution in [1.29, 1.82) is 0 Å². The molecule has 0 radical (unpaired) electrons. The van der Waals surface area contributed by atoms with Gasteiger partial charge in [0.05, 0.1) is 0 Å². The Labute approximate surface area is 117 Å². The van der Waals surface area contributed by atoms with Gasteiger partial charge < -0.3 is 5.32 Å². The first-order chi connectivity index (χ1) is 8.66. The molecule has 0 heterocycles. The van der Waals surface area contributed by atoms with Crippen molar-refractivity contribution in [2.45, 2.75) is 51.6 Å². The quantitative estimate of drug-likeness (QED) is 0.853. The third kappa shape index (κ3) is 3.79. The molecule has 0 amide bonds. The van der Waals surface area contributed by atoms with Crippen molar-refractivity contribution in [1.82, 2.24) is 5.32 Å². The zero-order chi connectivity index (χ0) is 13.0. The maximum absolute atomic E-state index is 13.0. The topological polar surface area (TPSA) is 12.0 Å². The summed E-state index contributed by atoms with van der Waals surface area (Å²) in [5.74, 6) is 0.615. The van der Waals surface area contributed by atoms with Crippen LogP contribution >= 0.6 is 15.9 Å². The van der Waals surface area contributed by atoms with Crippen LogP contribution in [0.2, 0.25) is 0 Å². The second-order valence-corrected chi connectivity index (χ2v) is 6.16. The van der Waals surface area contributed by atoms with E-state index in [1.807, 2.05) is 6.07 Å². The van der Waals surface area contributed by atoms with Gasteiger partial charge in [0, 0.05) is 17.1 Å². The Balaban J connectivity index is 1.86. The molecule has 0 saturated heterocycles. The molecule has 3 heteroatoms. The van der Waals surface area contributed by atoms with Crippen molar-refractivity contribution in [2.75, 3.05) is 0 Å². The summed E-state index contributed by atoms with van der Waals surface area (Å²) < 4.78 is 13.8. The summed E-state index contributed by atoms with van der Waals surface area (Å²) in [7, 11) is 0. The summed E-state index contributed by atoms with van der Waals surface area (Å²) in [5.41, 5.74) is 1.12. The summed E-state index contributed by atoms with van der Waals surface area (Å²) in [5, 5.41) is 3.58. The molecule has 100 valence electrons.